The van der Waals surface area contributed by atoms with Crippen molar-refractivity contribution < 1.29 is 9.90 Å². The van der Waals surface area contributed by atoms with Gasteiger partial charge in [0.25, 0.3) is 0 Å². The molecule has 0 aliphatic heterocycles. The lowest BCUT2D eigenvalue weighted by molar-refractivity contribution is 0.104. The Balaban J connectivity index is 1.79. The molecule has 35 heavy (non-hydrogen) atoms. The molecule has 10 nitrogen and oxygen atoms in total. The molecule has 0 spiro atoms. The topological polar surface area (TPSA) is 111 Å². The zero-order valence-electron chi connectivity index (χ0n) is 21.1. The quantitative estimate of drug-likeness (QED) is 0.210. The van der Waals surface area contributed by atoms with E-state index < -0.39 is 0 Å². The largest absolute Gasteiger partial charge is 0.395 e. The Kier molecular flexibility index (Phi) is 7.97. The molecule has 0 bridgehead atoms. The van der Waals surface area contributed by atoms with E-state index in [9.17, 15) is 4.79 Å². The van der Waals surface area contributed by atoms with Crippen LogP contribution in [0.1, 0.15) is 15.9 Å². The van der Waals surface area contributed by atoms with Gasteiger partial charge in [-0.05, 0) is 40.3 Å². The number of hydrogen-bond acceptors (Lipinski definition) is 9. The van der Waals surface area contributed by atoms with Gasteiger partial charge in [-0.25, -0.2) is 0 Å². The van der Waals surface area contributed by atoms with Crippen LogP contribution in [0.15, 0.2) is 24.5 Å². The number of benzene rings is 1. The number of nitrogens with one attached hydrogen (secondary N) is 3. The predicted molar refractivity (Wildman–Crippen MR) is 140 cm³/mol. The number of pyridine rings is 1. The SMILES string of the molecule is CN(C)CCNc1cncc2c1C(=O)c1c(NCCN(C)C)ccc3c1c-2nn3CCNCCO. The van der Waals surface area contributed by atoms with E-state index in [4.69, 9.17) is 10.2 Å². The summed E-state index contributed by atoms with van der Waals surface area (Å²) in [5.74, 6) is -0.0156. The molecule has 4 N–H and O–H groups in total. The molecular formula is C25H36N8O2. The summed E-state index contributed by atoms with van der Waals surface area (Å²) in [6.07, 6.45) is 3.47. The second-order valence-corrected chi connectivity index (χ2v) is 9.33. The van der Waals surface area contributed by atoms with Gasteiger partial charge in [0.15, 0.2) is 5.78 Å². The molecule has 4 rings (SSSR count). The maximum Gasteiger partial charge on any atom is 0.198 e. The molecular weight excluding hydrogens is 444 g/mol. The average molecular weight is 481 g/mol. The molecule has 0 radical (unpaired) electrons. The van der Waals surface area contributed by atoms with Crippen molar-refractivity contribution in [1.29, 1.82) is 0 Å². The number of likely N-dealkylation sites (N-methyl/N-ethyl adjacent to an activating group) is 2. The number of aliphatic hydroxyl groups excluding tert-OH is 1. The van der Waals surface area contributed by atoms with E-state index in [-0.39, 0.29) is 12.4 Å². The number of rotatable bonds is 13. The van der Waals surface area contributed by atoms with Gasteiger partial charge < -0.3 is 30.9 Å². The number of nitrogens with zero attached hydrogens (tertiary/aromatic N) is 5. The first kappa shape index (κ1) is 25.1. The second kappa shape index (κ2) is 11.1. The minimum atomic E-state index is -0.0156. The summed E-state index contributed by atoms with van der Waals surface area (Å²) in [7, 11) is 8.10. The van der Waals surface area contributed by atoms with Crippen LogP contribution in [0.3, 0.4) is 0 Å². The minimum absolute atomic E-state index is 0.0156. The Morgan fingerprint density at radius 1 is 0.914 bits per heavy atom. The average Bonchev–Trinajstić information content (AvgIpc) is 3.19. The molecule has 3 aromatic rings. The summed E-state index contributed by atoms with van der Waals surface area (Å²) >= 11 is 0. The highest BCUT2D eigenvalue weighted by atomic mass is 16.3. The number of anilines is 2. The number of fused-ring (bicyclic) bond motifs is 2. The highest BCUT2D eigenvalue weighted by Crippen LogP contribution is 2.43. The first-order chi connectivity index (χ1) is 16.9. The molecule has 0 fully saturated rings. The van der Waals surface area contributed by atoms with Crippen LogP contribution < -0.4 is 16.0 Å². The third-order valence-electron chi connectivity index (χ3n) is 6.11. The molecule has 0 saturated heterocycles. The van der Waals surface area contributed by atoms with Crippen molar-refractivity contribution in [2.75, 3.05) is 84.7 Å². The molecule has 1 aliphatic rings. The van der Waals surface area contributed by atoms with Gasteiger partial charge in [-0.2, -0.15) is 5.10 Å². The lowest BCUT2D eigenvalue weighted by Crippen LogP contribution is -2.23. The summed E-state index contributed by atoms with van der Waals surface area (Å²) in [6, 6.07) is 4.02. The van der Waals surface area contributed by atoms with E-state index in [2.05, 4.69) is 30.7 Å². The van der Waals surface area contributed by atoms with Gasteiger partial charge in [-0.3, -0.25) is 14.5 Å². The Hall–Kier alpha value is -3.05. The molecule has 0 amide bonds. The van der Waals surface area contributed by atoms with E-state index in [0.717, 1.165) is 53.2 Å². The van der Waals surface area contributed by atoms with Gasteiger partial charge >= 0.3 is 0 Å². The van der Waals surface area contributed by atoms with Crippen molar-refractivity contribution in [2.24, 2.45) is 0 Å². The molecule has 0 atom stereocenters. The standard InChI is InChI=1S/C25H36N8O2/c1-31(2)11-8-28-18-5-6-20-23-22(18)25(35)21-17(15-27-16-19(21)29-9-12-32(3)4)24(23)30-33(20)13-7-26-10-14-34/h5-6,15-16,26,28-29,34H,7-14H2,1-4H3. The van der Waals surface area contributed by atoms with E-state index in [1.807, 2.05) is 45.0 Å². The van der Waals surface area contributed by atoms with Crippen molar-refractivity contribution in [3.8, 4) is 11.3 Å². The monoisotopic (exact) mass is 480 g/mol. The molecule has 1 aliphatic carbocycles. The number of ketones is 1. The number of aliphatic hydroxyl groups is 1. The normalized spacial score (nSPS) is 12.6. The van der Waals surface area contributed by atoms with Crippen LogP contribution in [0.2, 0.25) is 0 Å². The van der Waals surface area contributed by atoms with Crippen LogP contribution in [-0.4, -0.2) is 110 Å². The third-order valence-corrected chi connectivity index (χ3v) is 6.11. The fourth-order valence-corrected chi connectivity index (χ4v) is 4.37. The van der Waals surface area contributed by atoms with Crippen LogP contribution >= 0.6 is 0 Å². The highest BCUT2D eigenvalue weighted by molar-refractivity contribution is 6.29. The Morgan fingerprint density at radius 2 is 1.63 bits per heavy atom. The van der Waals surface area contributed by atoms with Gasteiger partial charge in [0.2, 0.25) is 0 Å². The maximum atomic E-state index is 14.0. The molecule has 1 aromatic carbocycles. The van der Waals surface area contributed by atoms with Gasteiger partial charge in [0.05, 0.1) is 41.7 Å². The van der Waals surface area contributed by atoms with Crippen molar-refractivity contribution >= 4 is 28.1 Å². The summed E-state index contributed by atoms with van der Waals surface area (Å²) in [4.78, 5) is 22.7. The van der Waals surface area contributed by atoms with Crippen molar-refractivity contribution in [3.63, 3.8) is 0 Å². The number of aromatic nitrogens is 3. The van der Waals surface area contributed by atoms with Crippen molar-refractivity contribution in [1.82, 2.24) is 29.9 Å². The number of hydrogen-bond donors (Lipinski definition) is 4. The van der Waals surface area contributed by atoms with Crippen LogP contribution in [0.4, 0.5) is 11.4 Å². The first-order valence-electron chi connectivity index (χ1n) is 12.1. The van der Waals surface area contributed by atoms with Crippen LogP contribution in [0.5, 0.6) is 0 Å². The first-order valence-corrected chi connectivity index (χ1v) is 12.1. The predicted octanol–water partition coefficient (Wildman–Crippen LogP) is 1.17. The fourth-order valence-electron chi connectivity index (χ4n) is 4.37. The Labute approximate surface area is 206 Å². The van der Waals surface area contributed by atoms with Crippen molar-refractivity contribution in [2.45, 2.75) is 6.54 Å². The molecule has 10 heteroatoms. The van der Waals surface area contributed by atoms with E-state index in [0.29, 0.717) is 37.3 Å². The summed E-state index contributed by atoms with van der Waals surface area (Å²) in [6.45, 7) is 5.04. The molecule has 0 saturated carbocycles. The van der Waals surface area contributed by atoms with Crippen molar-refractivity contribution in [3.05, 3.63) is 35.7 Å². The lowest BCUT2D eigenvalue weighted by atomic mass is 9.86. The minimum Gasteiger partial charge on any atom is -0.395 e. The summed E-state index contributed by atoms with van der Waals surface area (Å²) in [5.41, 5.74) is 5.31. The second-order valence-electron chi connectivity index (χ2n) is 9.33. The lowest BCUT2D eigenvalue weighted by Gasteiger charge is -2.22. The Morgan fingerprint density at radius 3 is 2.31 bits per heavy atom. The highest BCUT2D eigenvalue weighted by Gasteiger charge is 2.33. The summed E-state index contributed by atoms with van der Waals surface area (Å²) in [5, 5.41) is 25.0. The van der Waals surface area contributed by atoms with Crippen LogP contribution in [0, 0.1) is 0 Å². The number of carbonyl (C=O) groups excluding carboxylic acids is 1. The van der Waals surface area contributed by atoms with Crippen LogP contribution in [0.25, 0.3) is 22.2 Å². The third kappa shape index (κ3) is 5.30. The molecule has 2 heterocycles. The maximum absolute atomic E-state index is 14.0. The number of carbonyl (C=O) groups is 1. The van der Waals surface area contributed by atoms with Crippen LogP contribution in [-0.2, 0) is 6.54 Å². The fraction of sp³-hybridized carbons (Fsp3) is 0.480. The Bertz CT molecular complexity index is 1190. The van der Waals surface area contributed by atoms with E-state index in [1.165, 1.54) is 0 Å². The zero-order chi connectivity index (χ0) is 24.9. The zero-order valence-corrected chi connectivity index (χ0v) is 21.1. The molecule has 0 unspecified atom stereocenters. The smallest absolute Gasteiger partial charge is 0.198 e. The summed E-state index contributed by atoms with van der Waals surface area (Å²) < 4.78 is 1.94. The van der Waals surface area contributed by atoms with E-state index >= 15 is 0 Å². The van der Waals surface area contributed by atoms with E-state index in [1.54, 1.807) is 12.4 Å². The molecule has 2 aromatic heterocycles. The molecule has 188 valence electrons. The van der Waals surface area contributed by atoms with Gasteiger partial charge in [-0.1, -0.05) is 0 Å². The van der Waals surface area contributed by atoms with Gasteiger partial charge in [-0.15, -0.1) is 0 Å². The van der Waals surface area contributed by atoms with Gasteiger partial charge in [0, 0.05) is 62.1 Å². The van der Waals surface area contributed by atoms with Gasteiger partial charge in [0.1, 0.15) is 5.69 Å².